The van der Waals surface area contributed by atoms with Crippen molar-refractivity contribution in [2.24, 2.45) is 0 Å². The van der Waals surface area contributed by atoms with Crippen LogP contribution in [0.4, 0.5) is 0 Å². The molecule has 0 unspecified atom stereocenters. The molecule has 3 rings (SSSR count). The van der Waals surface area contributed by atoms with E-state index in [9.17, 15) is 4.79 Å². The summed E-state index contributed by atoms with van der Waals surface area (Å²) < 4.78 is 3.47. The van der Waals surface area contributed by atoms with Gasteiger partial charge in [-0.05, 0) is 26.8 Å². The maximum absolute atomic E-state index is 12.4. The van der Waals surface area contributed by atoms with E-state index in [2.05, 4.69) is 20.1 Å². The van der Waals surface area contributed by atoms with Gasteiger partial charge in [0, 0.05) is 18.1 Å². The summed E-state index contributed by atoms with van der Waals surface area (Å²) in [5.41, 5.74) is 2.52. The second-order valence-electron chi connectivity index (χ2n) is 5.14. The van der Waals surface area contributed by atoms with Gasteiger partial charge in [-0.2, -0.15) is 5.10 Å². The molecule has 3 heterocycles. The Kier molecular flexibility index (Phi) is 3.25. The van der Waals surface area contributed by atoms with E-state index in [4.69, 9.17) is 0 Å². The minimum atomic E-state index is -0.179. The van der Waals surface area contributed by atoms with Crippen molar-refractivity contribution in [2.75, 3.05) is 0 Å². The first-order chi connectivity index (χ1) is 10.1. The second kappa shape index (κ2) is 5.08. The van der Waals surface area contributed by atoms with Crippen LogP contribution in [0, 0.1) is 13.8 Å². The first-order valence-corrected chi connectivity index (χ1v) is 6.75. The Morgan fingerprint density at radius 2 is 1.95 bits per heavy atom. The average molecular weight is 284 g/mol. The number of aromatic nitrogens is 6. The summed E-state index contributed by atoms with van der Waals surface area (Å²) in [6.45, 7) is 6.52. The van der Waals surface area contributed by atoms with Crippen molar-refractivity contribution < 1.29 is 0 Å². The highest BCUT2D eigenvalue weighted by Gasteiger charge is 2.13. The molecule has 3 aromatic rings. The number of hydrogen-bond donors (Lipinski definition) is 0. The smallest absolute Gasteiger partial charge is 0.281 e. The van der Waals surface area contributed by atoms with Crippen molar-refractivity contribution >= 4 is 11.2 Å². The van der Waals surface area contributed by atoms with Crippen molar-refractivity contribution in [3.63, 3.8) is 0 Å². The lowest BCUT2D eigenvalue weighted by Crippen LogP contribution is -2.27. The molecule has 108 valence electrons. The van der Waals surface area contributed by atoms with Crippen molar-refractivity contribution in [3.05, 3.63) is 46.5 Å². The highest BCUT2D eigenvalue weighted by Crippen LogP contribution is 2.10. The predicted molar refractivity (Wildman–Crippen MR) is 78.0 cm³/mol. The van der Waals surface area contributed by atoms with Crippen LogP contribution in [0.25, 0.3) is 11.2 Å². The molecule has 0 amide bonds. The third-order valence-electron chi connectivity index (χ3n) is 3.44. The Morgan fingerprint density at radius 3 is 2.67 bits per heavy atom. The summed E-state index contributed by atoms with van der Waals surface area (Å²) in [4.78, 5) is 24.7. The molecule has 1 atom stereocenters. The van der Waals surface area contributed by atoms with Gasteiger partial charge in [0.2, 0.25) is 0 Å². The van der Waals surface area contributed by atoms with Crippen LogP contribution in [0.15, 0.2) is 29.6 Å². The Balaban J connectivity index is 1.98. The van der Waals surface area contributed by atoms with E-state index >= 15 is 0 Å². The second-order valence-corrected chi connectivity index (χ2v) is 5.14. The molecule has 7 nitrogen and oxygen atoms in total. The Labute approximate surface area is 121 Å². The molecule has 0 aliphatic carbocycles. The lowest BCUT2D eigenvalue weighted by atomic mass is 10.3. The van der Waals surface area contributed by atoms with Gasteiger partial charge in [0.1, 0.15) is 6.33 Å². The van der Waals surface area contributed by atoms with Crippen molar-refractivity contribution in [2.45, 2.75) is 33.4 Å². The van der Waals surface area contributed by atoms with Crippen molar-refractivity contribution in [1.29, 1.82) is 0 Å². The fraction of sp³-hybridized carbons (Fsp3) is 0.357. The number of rotatable bonds is 3. The van der Waals surface area contributed by atoms with E-state index < -0.39 is 0 Å². The van der Waals surface area contributed by atoms with Crippen LogP contribution >= 0.6 is 0 Å². The average Bonchev–Trinajstić information content (AvgIpc) is 2.77. The molecule has 3 aromatic heterocycles. The Morgan fingerprint density at radius 1 is 1.19 bits per heavy atom. The Hall–Kier alpha value is -2.57. The van der Waals surface area contributed by atoms with E-state index in [1.165, 1.54) is 18.7 Å². The Bertz CT molecular complexity index is 850. The van der Waals surface area contributed by atoms with Gasteiger partial charge in [0.25, 0.3) is 5.56 Å². The summed E-state index contributed by atoms with van der Waals surface area (Å²) in [6.07, 6.45) is 4.55. The predicted octanol–water partition coefficient (Wildman–Crippen LogP) is 1.26. The first-order valence-electron chi connectivity index (χ1n) is 6.75. The van der Waals surface area contributed by atoms with Gasteiger partial charge in [-0.1, -0.05) is 0 Å². The van der Waals surface area contributed by atoms with E-state index in [0.29, 0.717) is 17.7 Å². The normalized spacial score (nSPS) is 12.7. The number of nitrogens with zero attached hydrogens (tertiary/aromatic N) is 6. The summed E-state index contributed by atoms with van der Waals surface area (Å²) in [5.74, 6) is 0. The summed E-state index contributed by atoms with van der Waals surface area (Å²) in [5, 5.41) is 4.42. The first kappa shape index (κ1) is 13.4. The molecular weight excluding hydrogens is 268 g/mol. The van der Waals surface area contributed by atoms with Gasteiger partial charge in [-0.3, -0.25) is 14.0 Å². The maximum atomic E-state index is 12.4. The van der Waals surface area contributed by atoms with E-state index in [1.54, 1.807) is 4.57 Å². The number of fused-ring (bicyclic) bond motifs is 1. The molecule has 0 aliphatic rings. The van der Waals surface area contributed by atoms with Crippen LogP contribution in [-0.2, 0) is 6.54 Å². The summed E-state index contributed by atoms with van der Waals surface area (Å²) in [7, 11) is 0. The zero-order valence-electron chi connectivity index (χ0n) is 12.2. The molecule has 0 saturated carbocycles. The lowest BCUT2D eigenvalue weighted by molar-refractivity contribution is 0.419. The topological polar surface area (TPSA) is 78.5 Å². The molecule has 0 bridgehead atoms. The molecule has 0 spiro atoms. The fourth-order valence-corrected chi connectivity index (χ4v) is 2.38. The highest BCUT2D eigenvalue weighted by atomic mass is 16.1. The van der Waals surface area contributed by atoms with Crippen LogP contribution in [-0.4, -0.2) is 29.3 Å². The standard InChI is InChI=1S/C14H16N6O/c1-9-6-10(2)20(18-9)7-11(3)19-8-17-13-12(14(19)21)15-4-5-16-13/h4-6,8,11H,7H2,1-3H3/t11-/m0/s1. The fourth-order valence-electron chi connectivity index (χ4n) is 2.38. The quantitative estimate of drug-likeness (QED) is 0.723. The molecule has 0 fully saturated rings. The zero-order chi connectivity index (χ0) is 15.0. The van der Waals surface area contributed by atoms with E-state index in [-0.39, 0.29) is 11.6 Å². The summed E-state index contributed by atoms with van der Waals surface area (Å²) in [6, 6.07) is 1.94. The van der Waals surface area contributed by atoms with Gasteiger partial charge >= 0.3 is 0 Å². The van der Waals surface area contributed by atoms with Gasteiger partial charge < -0.3 is 0 Å². The molecule has 0 aromatic carbocycles. The van der Waals surface area contributed by atoms with Crippen LogP contribution in [0.3, 0.4) is 0 Å². The zero-order valence-corrected chi connectivity index (χ0v) is 12.2. The van der Waals surface area contributed by atoms with E-state index in [0.717, 1.165) is 11.4 Å². The lowest BCUT2D eigenvalue weighted by Gasteiger charge is -2.15. The SMILES string of the molecule is Cc1cc(C)n(C[C@H](C)n2cnc3nccnc3c2=O)n1. The van der Waals surface area contributed by atoms with Gasteiger partial charge in [0.05, 0.1) is 18.3 Å². The third kappa shape index (κ3) is 2.42. The molecular formula is C14H16N6O. The van der Waals surface area contributed by atoms with Crippen molar-refractivity contribution in [3.8, 4) is 0 Å². The number of aryl methyl sites for hydroxylation is 2. The largest absolute Gasteiger partial charge is 0.293 e. The molecule has 0 saturated heterocycles. The minimum Gasteiger partial charge on any atom is -0.293 e. The summed E-state index contributed by atoms with van der Waals surface area (Å²) >= 11 is 0. The third-order valence-corrected chi connectivity index (χ3v) is 3.44. The molecule has 0 aliphatic heterocycles. The highest BCUT2D eigenvalue weighted by molar-refractivity contribution is 5.66. The minimum absolute atomic E-state index is 0.0746. The van der Waals surface area contributed by atoms with Gasteiger partial charge in [0.15, 0.2) is 11.2 Å². The van der Waals surface area contributed by atoms with Crippen molar-refractivity contribution in [1.82, 2.24) is 29.3 Å². The maximum Gasteiger partial charge on any atom is 0.281 e. The van der Waals surface area contributed by atoms with E-state index in [1.807, 2.05) is 31.5 Å². The number of hydrogen-bond acceptors (Lipinski definition) is 5. The van der Waals surface area contributed by atoms with Crippen LogP contribution in [0.2, 0.25) is 0 Å². The monoisotopic (exact) mass is 284 g/mol. The molecule has 0 radical (unpaired) electrons. The molecule has 7 heteroatoms. The van der Waals surface area contributed by atoms with Gasteiger partial charge in [-0.15, -0.1) is 0 Å². The van der Waals surface area contributed by atoms with Crippen LogP contribution in [0.1, 0.15) is 24.4 Å². The van der Waals surface area contributed by atoms with Gasteiger partial charge in [-0.25, -0.2) is 15.0 Å². The van der Waals surface area contributed by atoms with Crippen LogP contribution < -0.4 is 5.56 Å². The van der Waals surface area contributed by atoms with Crippen LogP contribution in [0.5, 0.6) is 0 Å². The molecule has 0 N–H and O–H groups in total. The molecule has 21 heavy (non-hydrogen) atoms.